The first kappa shape index (κ1) is 13.5. The third kappa shape index (κ3) is 3.76. The van der Waals surface area contributed by atoms with E-state index in [-0.39, 0.29) is 5.75 Å². The molecule has 0 amide bonds. The summed E-state index contributed by atoms with van der Waals surface area (Å²) in [5.74, 6) is 0.394. The summed E-state index contributed by atoms with van der Waals surface area (Å²) in [5, 5.41) is 0. The molecule has 0 unspecified atom stereocenters. The molecule has 2 rings (SSSR count). The average molecular weight is 325 g/mol. The van der Waals surface area contributed by atoms with E-state index in [4.69, 9.17) is 0 Å². The maximum absolute atomic E-state index is 12.0. The summed E-state index contributed by atoms with van der Waals surface area (Å²) in [6.45, 7) is 1.70. The Labute approximate surface area is 111 Å². The zero-order chi connectivity index (χ0) is 13.2. The van der Waals surface area contributed by atoms with Crippen molar-refractivity contribution in [1.82, 2.24) is 4.98 Å². The standard InChI is InChI=1S/C11H12BrF3N2O/c12-8-3-5-17(6-4-8)10-2-1-9(7-16-10)18-11(13,14)15/h1-2,7-8H,3-6H2. The minimum atomic E-state index is -4.67. The Bertz CT molecular complexity index is 388. The molecular weight excluding hydrogens is 313 g/mol. The average Bonchev–Trinajstić information content (AvgIpc) is 2.29. The number of nitrogens with zero attached hydrogens (tertiary/aromatic N) is 2. The summed E-state index contributed by atoms with van der Waals surface area (Å²) < 4.78 is 39.7. The zero-order valence-corrected chi connectivity index (χ0v) is 11.0. The molecule has 7 heteroatoms. The molecule has 0 atom stereocenters. The molecule has 0 aromatic carbocycles. The van der Waals surface area contributed by atoms with E-state index < -0.39 is 6.36 Å². The molecule has 100 valence electrons. The predicted octanol–water partition coefficient (Wildman–Crippen LogP) is 3.34. The van der Waals surface area contributed by atoms with Gasteiger partial charge >= 0.3 is 6.36 Å². The van der Waals surface area contributed by atoms with Crippen LogP contribution in [0.5, 0.6) is 5.75 Å². The number of alkyl halides is 4. The van der Waals surface area contributed by atoms with E-state index in [0.29, 0.717) is 10.6 Å². The van der Waals surface area contributed by atoms with E-state index in [2.05, 4.69) is 30.6 Å². The molecule has 3 nitrogen and oxygen atoms in total. The Balaban J connectivity index is 1.99. The molecule has 1 saturated heterocycles. The highest BCUT2D eigenvalue weighted by Crippen LogP contribution is 2.25. The number of hydrogen-bond donors (Lipinski definition) is 0. The molecule has 0 N–H and O–H groups in total. The maximum atomic E-state index is 12.0. The van der Waals surface area contributed by atoms with Crippen LogP contribution in [0.15, 0.2) is 18.3 Å². The molecule has 18 heavy (non-hydrogen) atoms. The van der Waals surface area contributed by atoms with Gasteiger partial charge in [0, 0.05) is 17.9 Å². The second-order valence-corrected chi connectivity index (χ2v) is 5.36. The summed E-state index contributed by atoms with van der Waals surface area (Å²) in [7, 11) is 0. The van der Waals surface area contributed by atoms with E-state index in [0.717, 1.165) is 32.1 Å². The molecule has 0 radical (unpaired) electrons. The van der Waals surface area contributed by atoms with Gasteiger partial charge in [0.15, 0.2) is 0 Å². The van der Waals surface area contributed by atoms with Gasteiger partial charge in [-0.2, -0.15) is 0 Å². The highest BCUT2D eigenvalue weighted by atomic mass is 79.9. The van der Waals surface area contributed by atoms with Crippen LogP contribution in [0, 0.1) is 0 Å². The lowest BCUT2D eigenvalue weighted by atomic mass is 10.1. The van der Waals surface area contributed by atoms with E-state index in [1.165, 1.54) is 6.07 Å². The van der Waals surface area contributed by atoms with E-state index in [1.54, 1.807) is 6.07 Å². The predicted molar refractivity (Wildman–Crippen MR) is 65.1 cm³/mol. The van der Waals surface area contributed by atoms with Crippen LogP contribution in [-0.2, 0) is 0 Å². The molecular formula is C11H12BrF3N2O. The lowest BCUT2D eigenvalue weighted by Gasteiger charge is -2.30. The van der Waals surface area contributed by atoms with Gasteiger partial charge in [0.2, 0.25) is 0 Å². The van der Waals surface area contributed by atoms with Gasteiger partial charge in [-0.15, -0.1) is 13.2 Å². The largest absolute Gasteiger partial charge is 0.573 e. The summed E-state index contributed by atoms with van der Waals surface area (Å²) in [4.78, 5) is 6.56. The number of rotatable bonds is 2. The van der Waals surface area contributed by atoms with Crippen LogP contribution < -0.4 is 9.64 Å². The molecule has 0 aliphatic carbocycles. The second kappa shape index (κ2) is 5.34. The Kier molecular flexibility index (Phi) is 3.99. The molecule has 1 aromatic heterocycles. The van der Waals surface area contributed by atoms with Crippen LogP contribution >= 0.6 is 15.9 Å². The normalized spacial score (nSPS) is 17.9. The van der Waals surface area contributed by atoms with Crippen molar-refractivity contribution in [2.24, 2.45) is 0 Å². The molecule has 2 heterocycles. The summed E-state index contributed by atoms with van der Waals surface area (Å²) in [6.07, 6.45) is -1.56. The van der Waals surface area contributed by atoms with Crippen LogP contribution in [0.4, 0.5) is 19.0 Å². The van der Waals surface area contributed by atoms with Crippen LogP contribution in [0.25, 0.3) is 0 Å². The molecule has 0 bridgehead atoms. The van der Waals surface area contributed by atoms with Gasteiger partial charge in [-0.05, 0) is 25.0 Å². The Hall–Kier alpha value is -0.980. The van der Waals surface area contributed by atoms with Crippen molar-refractivity contribution in [3.8, 4) is 5.75 Å². The summed E-state index contributed by atoms with van der Waals surface area (Å²) >= 11 is 3.54. The van der Waals surface area contributed by atoms with E-state index >= 15 is 0 Å². The highest BCUT2D eigenvalue weighted by Gasteiger charge is 2.31. The number of halogens is 4. The number of ether oxygens (including phenoxy) is 1. The van der Waals surface area contributed by atoms with Crippen molar-refractivity contribution in [2.45, 2.75) is 24.0 Å². The van der Waals surface area contributed by atoms with Crippen molar-refractivity contribution in [3.05, 3.63) is 18.3 Å². The smallest absolute Gasteiger partial charge is 0.404 e. The fourth-order valence-electron chi connectivity index (χ4n) is 1.83. The van der Waals surface area contributed by atoms with E-state index in [1.807, 2.05) is 0 Å². The lowest BCUT2D eigenvalue weighted by molar-refractivity contribution is -0.274. The second-order valence-electron chi connectivity index (χ2n) is 4.06. The molecule has 0 spiro atoms. The van der Waals surface area contributed by atoms with Gasteiger partial charge in [0.25, 0.3) is 0 Å². The van der Waals surface area contributed by atoms with Gasteiger partial charge in [-0.1, -0.05) is 15.9 Å². The number of pyridine rings is 1. The van der Waals surface area contributed by atoms with Gasteiger partial charge in [0.1, 0.15) is 11.6 Å². The van der Waals surface area contributed by atoms with Crippen LogP contribution in [0.2, 0.25) is 0 Å². The monoisotopic (exact) mass is 324 g/mol. The molecule has 1 aliphatic rings. The van der Waals surface area contributed by atoms with Crippen molar-refractivity contribution >= 4 is 21.7 Å². The zero-order valence-electron chi connectivity index (χ0n) is 9.45. The fraction of sp³-hybridized carbons (Fsp3) is 0.545. The van der Waals surface area contributed by atoms with Gasteiger partial charge in [0.05, 0.1) is 6.20 Å². The fourth-order valence-corrected chi connectivity index (χ4v) is 2.24. The van der Waals surface area contributed by atoms with Crippen LogP contribution in [0.1, 0.15) is 12.8 Å². The van der Waals surface area contributed by atoms with Crippen molar-refractivity contribution in [1.29, 1.82) is 0 Å². The summed E-state index contributed by atoms with van der Waals surface area (Å²) in [6, 6.07) is 2.84. The highest BCUT2D eigenvalue weighted by molar-refractivity contribution is 9.09. The van der Waals surface area contributed by atoms with Gasteiger partial charge in [-0.25, -0.2) is 4.98 Å². The third-order valence-electron chi connectivity index (χ3n) is 2.70. The first-order valence-electron chi connectivity index (χ1n) is 5.55. The first-order chi connectivity index (χ1) is 8.44. The number of piperidine rings is 1. The molecule has 1 fully saturated rings. The van der Waals surface area contributed by atoms with Crippen molar-refractivity contribution < 1.29 is 17.9 Å². The third-order valence-corrected chi connectivity index (χ3v) is 3.62. The van der Waals surface area contributed by atoms with Crippen LogP contribution in [0.3, 0.4) is 0 Å². The maximum Gasteiger partial charge on any atom is 0.573 e. The number of anilines is 1. The molecule has 1 aliphatic heterocycles. The topological polar surface area (TPSA) is 25.4 Å². The number of aromatic nitrogens is 1. The van der Waals surface area contributed by atoms with E-state index in [9.17, 15) is 13.2 Å². The lowest BCUT2D eigenvalue weighted by Crippen LogP contribution is -2.34. The summed E-state index contributed by atoms with van der Waals surface area (Å²) in [5.41, 5.74) is 0. The molecule has 0 saturated carbocycles. The first-order valence-corrected chi connectivity index (χ1v) is 6.46. The SMILES string of the molecule is FC(F)(F)Oc1ccc(N2CCC(Br)CC2)nc1. The minimum Gasteiger partial charge on any atom is -0.404 e. The van der Waals surface area contributed by atoms with Crippen molar-refractivity contribution in [2.75, 3.05) is 18.0 Å². The van der Waals surface area contributed by atoms with Crippen molar-refractivity contribution in [3.63, 3.8) is 0 Å². The van der Waals surface area contributed by atoms with Gasteiger partial charge < -0.3 is 9.64 Å². The quantitative estimate of drug-likeness (QED) is 0.780. The van der Waals surface area contributed by atoms with Crippen LogP contribution in [-0.4, -0.2) is 29.3 Å². The Morgan fingerprint density at radius 2 is 1.94 bits per heavy atom. The Morgan fingerprint density at radius 3 is 2.44 bits per heavy atom. The number of hydrogen-bond acceptors (Lipinski definition) is 3. The molecule has 1 aromatic rings. The Morgan fingerprint density at radius 1 is 1.28 bits per heavy atom. The minimum absolute atomic E-state index is 0.290. The van der Waals surface area contributed by atoms with Gasteiger partial charge in [-0.3, -0.25) is 0 Å².